The lowest BCUT2D eigenvalue weighted by Gasteiger charge is -2.26. The highest BCUT2D eigenvalue weighted by molar-refractivity contribution is 5.20. The molecule has 3 nitrogen and oxygen atoms in total. The molecule has 0 bridgehead atoms. The molecule has 0 aromatic carbocycles. The van der Waals surface area contributed by atoms with Gasteiger partial charge in [0.05, 0.1) is 5.69 Å². The molecule has 1 heterocycles. The Labute approximate surface area is 110 Å². The van der Waals surface area contributed by atoms with Crippen molar-refractivity contribution in [1.29, 1.82) is 0 Å². The Balaban J connectivity index is 1.67. The summed E-state index contributed by atoms with van der Waals surface area (Å²) in [7, 11) is 0. The van der Waals surface area contributed by atoms with E-state index in [1.54, 1.807) is 0 Å². The molecule has 1 aliphatic rings. The van der Waals surface area contributed by atoms with Gasteiger partial charge in [-0.3, -0.25) is 0 Å². The van der Waals surface area contributed by atoms with Crippen LogP contribution in [-0.4, -0.2) is 11.7 Å². The number of aryl methyl sites for hydroxylation is 2. The van der Waals surface area contributed by atoms with E-state index in [1.807, 2.05) is 13.8 Å². The van der Waals surface area contributed by atoms with Crippen molar-refractivity contribution >= 4 is 0 Å². The van der Waals surface area contributed by atoms with Gasteiger partial charge < -0.3 is 9.84 Å². The van der Waals surface area contributed by atoms with Gasteiger partial charge in [0.25, 0.3) is 0 Å². The molecule has 102 valence electrons. The van der Waals surface area contributed by atoms with Crippen molar-refractivity contribution < 1.29 is 4.52 Å². The third-order valence-corrected chi connectivity index (χ3v) is 4.26. The van der Waals surface area contributed by atoms with Crippen LogP contribution in [0.25, 0.3) is 0 Å². The third kappa shape index (κ3) is 3.58. The van der Waals surface area contributed by atoms with Crippen LogP contribution in [0.3, 0.4) is 0 Å². The zero-order valence-corrected chi connectivity index (χ0v) is 12.0. The van der Waals surface area contributed by atoms with E-state index in [1.165, 1.54) is 37.7 Å². The van der Waals surface area contributed by atoms with Crippen LogP contribution < -0.4 is 5.32 Å². The van der Waals surface area contributed by atoms with Crippen LogP contribution in [0, 0.1) is 25.7 Å². The Morgan fingerprint density at radius 1 is 1.33 bits per heavy atom. The van der Waals surface area contributed by atoms with Gasteiger partial charge in [-0.2, -0.15) is 0 Å². The third-order valence-electron chi connectivity index (χ3n) is 4.26. The molecule has 2 rings (SSSR count). The number of rotatable bonds is 5. The fourth-order valence-corrected chi connectivity index (χ4v) is 3.10. The zero-order chi connectivity index (χ0) is 13.0. The van der Waals surface area contributed by atoms with E-state index >= 15 is 0 Å². The molecule has 2 atom stereocenters. The van der Waals surface area contributed by atoms with Crippen LogP contribution in [0.1, 0.15) is 56.0 Å². The molecule has 1 fully saturated rings. The van der Waals surface area contributed by atoms with Gasteiger partial charge in [-0.05, 0) is 45.1 Å². The maximum atomic E-state index is 5.17. The van der Waals surface area contributed by atoms with E-state index in [-0.39, 0.29) is 0 Å². The molecule has 3 heteroatoms. The largest absolute Gasteiger partial charge is 0.361 e. The minimum Gasteiger partial charge on any atom is -0.361 e. The van der Waals surface area contributed by atoms with Gasteiger partial charge in [-0.1, -0.05) is 31.3 Å². The quantitative estimate of drug-likeness (QED) is 0.811. The Morgan fingerprint density at radius 2 is 2.17 bits per heavy atom. The minimum atomic E-state index is 0.892. The predicted molar refractivity (Wildman–Crippen MR) is 73.4 cm³/mol. The second-order valence-electron chi connectivity index (χ2n) is 5.91. The Morgan fingerprint density at radius 3 is 2.83 bits per heavy atom. The van der Waals surface area contributed by atoms with Crippen LogP contribution in [0.15, 0.2) is 4.52 Å². The number of hydrogen-bond donors (Lipinski definition) is 1. The van der Waals surface area contributed by atoms with Gasteiger partial charge in [-0.25, -0.2) is 0 Å². The van der Waals surface area contributed by atoms with Crippen LogP contribution in [0.4, 0.5) is 0 Å². The summed E-state index contributed by atoms with van der Waals surface area (Å²) in [6.07, 6.45) is 7.02. The first-order chi connectivity index (χ1) is 8.66. The van der Waals surface area contributed by atoms with E-state index in [9.17, 15) is 0 Å². The van der Waals surface area contributed by atoms with Gasteiger partial charge in [0.2, 0.25) is 0 Å². The van der Waals surface area contributed by atoms with Gasteiger partial charge in [0.1, 0.15) is 5.76 Å². The van der Waals surface area contributed by atoms with Gasteiger partial charge >= 0.3 is 0 Å². The molecular formula is C15H26N2O. The molecule has 0 spiro atoms. The molecule has 18 heavy (non-hydrogen) atoms. The van der Waals surface area contributed by atoms with Crippen molar-refractivity contribution in [2.45, 2.75) is 59.4 Å². The molecule has 1 aliphatic carbocycles. The summed E-state index contributed by atoms with van der Waals surface area (Å²) in [6.45, 7) is 8.39. The predicted octanol–water partition coefficient (Wildman–Crippen LogP) is 3.60. The molecule has 0 aliphatic heterocycles. The second kappa shape index (κ2) is 6.37. The lowest BCUT2D eigenvalue weighted by molar-refractivity contribution is 0.267. The van der Waals surface area contributed by atoms with Crippen LogP contribution in [0.2, 0.25) is 0 Å². The number of nitrogens with zero attached hydrogens (tertiary/aromatic N) is 1. The summed E-state index contributed by atoms with van der Waals surface area (Å²) < 4.78 is 5.17. The van der Waals surface area contributed by atoms with Crippen molar-refractivity contribution in [3.63, 3.8) is 0 Å². The molecule has 0 saturated heterocycles. The summed E-state index contributed by atoms with van der Waals surface area (Å²) in [5, 5.41) is 7.51. The Hall–Kier alpha value is -0.830. The average Bonchev–Trinajstić information content (AvgIpc) is 2.66. The maximum Gasteiger partial charge on any atom is 0.138 e. The zero-order valence-electron chi connectivity index (χ0n) is 12.0. The highest BCUT2D eigenvalue weighted by Crippen LogP contribution is 2.30. The first-order valence-electron chi connectivity index (χ1n) is 7.29. The molecule has 1 aromatic rings. The van der Waals surface area contributed by atoms with E-state index in [2.05, 4.69) is 17.4 Å². The standard InChI is InChI=1S/C15H26N2O/c1-11-5-4-6-14(9-11)7-8-16-10-15-12(2)17-18-13(15)3/h11,14,16H,4-10H2,1-3H3. The average molecular weight is 250 g/mol. The lowest BCUT2D eigenvalue weighted by atomic mass is 9.81. The first-order valence-corrected chi connectivity index (χ1v) is 7.29. The molecule has 1 N–H and O–H groups in total. The highest BCUT2D eigenvalue weighted by atomic mass is 16.5. The van der Waals surface area contributed by atoms with Crippen molar-refractivity contribution in [1.82, 2.24) is 10.5 Å². The van der Waals surface area contributed by atoms with E-state index in [0.29, 0.717) is 0 Å². The summed E-state index contributed by atoms with van der Waals surface area (Å²) >= 11 is 0. The SMILES string of the molecule is Cc1noc(C)c1CNCCC1CCCC(C)C1. The van der Waals surface area contributed by atoms with Crippen molar-refractivity contribution in [3.8, 4) is 0 Å². The fraction of sp³-hybridized carbons (Fsp3) is 0.800. The van der Waals surface area contributed by atoms with Gasteiger partial charge in [0, 0.05) is 12.1 Å². The second-order valence-corrected chi connectivity index (χ2v) is 5.91. The fourth-order valence-electron chi connectivity index (χ4n) is 3.10. The minimum absolute atomic E-state index is 0.892. The smallest absolute Gasteiger partial charge is 0.138 e. The first kappa shape index (κ1) is 13.6. The summed E-state index contributed by atoms with van der Waals surface area (Å²) in [4.78, 5) is 0. The summed E-state index contributed by atoms with van der Waals surface area (Å²) in [5.74, 6) is 2.82. The molecule has 1 aromatic heterocycles. The monoisotopic (exact) mass is 250 g/mol. The van der Waals surface area contributed by atoms with E-state index < -0.39 is 0 Å². The maximum absolute atomic E-state index is 5.17. The summed E-state index contributed by atoms with van der Waals surface area (Å²) in [5.41, 5.74) is 2.25. The van der Waals surface area contributed by atoms with Crippen LogP contribution in [0.5, 0.6) is 0 Å². The molecular weight excluding hydrogens is 224 g/mol. The molecule has 0 radical (unpaired) electrons. The van der Waals surface area contributed by atoms with Crippen LogP contribution in [-0.2, 0) is 6.54 Å². The Bertz CT molecular complexity index is 353. The van der Waals surface area contributed by atoms with Crippen molar-refractivity contribution in [2.75, 3.05) is 6.54 Å². The summed E-state index contributed by atoms with van der Waals surface area (Å²) in [6, 6.07) is 0. The molecule has 1 saturated carbocycles. The van der Waals surface area contributed by atoms with Crippen molar-refractivity contribution in [3.05, 3.63) is 17.0 Å². The number of hydrogen-bond acceptors (Lipinski definition) is 3. The number of nitrogens with one attached hydrogen (secondary N) is 1. The van der Waals surface area contributed by atoms with E-state index in [4.69, 9.17) is 4.52 Å². The van der Waals surface area contributed by atoms with Crippen molar-refractivity contribution in [2.24, 2.45) is 11.8 Å². The Kier molecular flexibility index (Phi) is 4.81. The topological polar surface area (TPSA) is 38.1 Å². The van der Waals surface area contributed by atoms with Gasteiger partial charge in [0.15, 0.2) is 0 Å². The van der Waals surface area contributed by atoms with Gasteiger partial charge in [-0.15, -0.1) is 0 Å². The highest BCUT2D eigenvalue weighted by Gasteiger charge is 2.18. The lowest BCUT2D eigenvalue weighted by Crippen LogP contribution is -2.21. The van der Waals surface area contributed by atoms with E-state index in [0.717, 1.165) is 36.4 Å². The molecule has 2 unspecified atom stereocenters. The number of aromatic nitrogens is 1. The molecule has 0 amide bonds. The van der Waals surface area contributed by atoms with Crippen LogP contribution >= 0.6 is 0 Å². The normalized spacial score (nSPS) is 24.4.